The van der Waals surface area contributed by atoms with Crippen molar-refractivity contribution < 1.29 is 4.79 Å². The van der Waals surface area contributed by atoms with Gasteiger partial charge in [0.2, 0.25) is 5.91 Å². The second-order valence-electron chi connectivity index (χ2n) is 1.44. The zero-order valence-corrected chi connectivity index (χ0v) is 6.57. The summed E-state index contributed by atoms with van der Waals surface area (Å²) in [7, 11) is 0. The minimum atomic E-state index is -0.0229. The third-order valence-electron chi connectivity index (χ3n) is 0.713. The summed E-state index contributed by atoms with van der Waals surface area (Å²) in [6.07, 6.45) is 5.54. The minimum absolute atomic E-state index is 0.0229. The van der Waals surface area contributed by atoms with Gasteiger partial charge in [0.25, 0.3) is 0 Å². The zero-order valence-electron chi connectivity index (χ0n) is 4.98. The van der Waals surface area contributed by atoms with Crippen molar-refractivity contribution in [2.75, 3.05) is 11.9 Å². The predicted molar refractivity (Wildman–Crippen MR) is 40.3 cm³/mol. The number of hydrogen-bond acceptors (Lipinski definition) is 1. The molecule has 2 nitrogen and oxygen atoms in total. The van der Waals surface area contributed by atoms with Crippen molar-refractivity contribution >= 4 is 21.8 Å². The summed E-state index contributed by atoms with van der Waals surface area (Å²) in [6, 6.07) is 0. The molecule has 0 heterocycles. The molecular formula is C6H8BrNO. The van der Waals surface area contributed by atoms with Crippen LogP contribution in [0.2, 0.25) is 0 Å². The van der Waals surface area contributed by atoms with Crippen LogP contribution in [0.3, 0.4) is 0 Å². The van der Waals surface area contributed by atoms with E-state index in [4.69, 9.17) is 6.42 Å². The molecule has 0 aromatic rings. The standard InChI is InChI=1S/C6H8BrNO/c1-2-3-4-8-6(9)5-7/h1H,3-5H2,(H,8,9). The number of terminal acetylenes is 1. The number of carbonyl (C=O) groups excluding carboxylic acids is 1. The normalized spacial score (nSPS) is 8.00. The minimum Gasteiger partial charge on any atom is -0.354 e. The highest BCUT2D eigenvalue weighted by molar-refractivity contribution is 9.09. The lowest BCUT2D eigenvalue weighted by molar-refractivity contribution is -0.118. The lowest BCUT2D eigenvalue weighted by Crippen LogP contribution is -2.24. The fourth-order valence-electron chi connectivity index (χ4n) is 0.321. The van der Waals surface area contributed by atoms with Crippen molar-refractivity contribution in [3.63, 3.8) is 0 Å². The van der Waals surface area contributed by atoms with E-state index in [-0.39, 0.29) is 5.91 Å². The molecule has 0 atom stereocenters. The van der Waals surface area contributed by atoms with Crippen LogP contribution in [0.25, 0.3) is 0 Å². The van der Waals surface area contributed by atoms with E-state index in [0.29, 0.717) is 18.3 Å². The van der Waals surface area contributed by atoms with E-state index >= 15 is 0 Å². The second-order valence-corrected chi connectivity index (χ2v) is 2.00. The summed E-state index contributed by atoms with van der Waals surface area (Å²) in [4.78, 5) is 10.5. The smallest absolute Gasteiger partial charge is 0.230 e. The molecule has 0 radical (unpaired) electrons. The molecule has 0 bridgehead atoms. The largest absolute Gasteiger partial charge is 0.354 e. The molecule has 3 heteroatoms. The fraction of sp³-hybridized carbons (Fsp3) is 0.500. The van der Waals surface area contributed by atoms with Gasteiger partial charge in [-0.25, -0.2) is 0 Å². The summed E-state index contributed by atoms with van der Waals surface area (Å²) >= 11 is 3.00. The number of amides is 1. The number of hydrogen-bond donors (Lipinski definition) is 1. The maximum absolute atomic E-state index is 10.5. The quantitative estimate of drug-likeness (QED) is 0.392. The van der Waals surface area contributed by atoms with Gasteiger partial charge in [-0.05, 0) is 0 Å². The molecule has 0 aliphatic carbocycles. The van der Waals surface area contributed by atoms with Gasteiger partial charge in [0.15, 0.2) is 0 Å². The van der Waals surface area contributed by atoms with Gasteiger partial charge in [0.1, 0.15) is 0 Å². The zero-order chi connectivity index (χ0) is 7.11. The Bertz CT molecular complexity index is 128. The summed E-state index contributed by atoms with van der Waals surface area (Å²) in [5.74, 6) is 2.39. The Balaban J connectivity index is 3.09. The summed E-state index contributed by atoms with van der Waals surface area (Å²) in [6.45, 7) is 0.570. The van der Waals surface area contributed by atoms with E-state index in [1.807, 2.05) is 0 Å². The number of rotatable bonds is 3. The monoisotopic (exact) mass is 189 g/mol. The Labute approximate surface area is 63.1 Å². The molecule has 1 amide bonds. The van der Waals surface area contributed by atoms with Crippen LogP contribution in [0.5, 0.6) is 0 Å². The number of carbonyl (C=O) groups is 1. The maximum atomic E-state index is 10.5. The van der Waals surface area contributed by atoms with Crippen molar-refractivity contribution in [1.82, 2.24) is 5.32 Å². The van der Waals surface area contributed by atoms with Crippen molar-refractivity contribution in [1.29, 1.82) is 0 Å². The molecule has 0 fully saturated rings. The van der Waals surface area contributed by atoms with Gasteiger partial charge >= 0.3 is 0 Å². The van der Waals surface area contributed by atoms with Crippen molar-refractivity contribution in [3.05, 3.63) is 0 Å². The first kappa shape index (κ1) is 8.51. The van der Waals surface area contributed by atoms with Gasteiger partial charge in [0, 0.05) is 13.0 Å². The first-order chi connectivity index (χ1) is 4.31. The number of nitrogens with one attached hydrogen (secondary N) is 1. The van der Waals surface area contributed by atoms with Gasteiger partial charge in [0.05, 0.1) is 5.33 Å². The Hall–Kier alpha value is -0.490. The van der Waals surface area contributed by atoms with Crippen LogP contribution in [0, 0.1) is 12.3 Å². The van der Waals surface area contributed by atoms with E-state index in [9.17, 15) is 4.79 Å². The average Bonchev–Trinajstić information content (AvgIpc) is 1.89. The van der Waals surface area contributed by atoms with Crippen LogP contribution in [0.1, 0.15) is 6.42 Å². The van der Waals surface area contributed by atoms with Gasteiger partial charge < -0.3 is 5.32 Å². The van der Waals surface area contributed by atoms with Crippen molar-refractivity contribution in [2.45, 2.75) is 6.42 Å². The summed E-state index contributed by atoms with van der Waals surface area (Å²) < 4.78 is 0. The van der Waals surface area contributed by atoms with Gasteiger partial charge in [-0.2, -0.15) is 0 Å². The van der Waals surface area contributed by atoms with E-state index in [1.54, 1.807) is 0 Å². The van der Waals surface area contributed by atoms with Crippen LogP contribution in [-0.4, -0.2) is 17.8 Å². The third kappa shape index (κ3) is 5.38. The molecule has 0 aromatic carbocycles. The SMILES string of the molecule is C#CCCNC(=O)CBr. The molecule has 0 saturated carbocycles. The highest BCUT2D eigenvalue weighted by atomic mass is 79.9. The highest BCUT2D eigenvalue weighted by Gasteiger charge is 1.92. The van der Waals surface area contributed by atoms with Gasteiger partial charge in [-0.1, -0.05) is 15.9 Å². The fourth-order valence-corrected chi connectivity index (χ4v) is 0.520. The summed E-state index contributed by atoms with van der Waals surface area (Å²) in [5, 5.41) is 2.95. The second kappa shape index (κ2) is 5.64. The first-order valence-corrected chi connectivity index (χ1v) is 3.69. The van der Waals surface area contributed by atoms with Crippen molar-refractivity contribution in [2.24, 2.45) is 0 Å². The number of alkyl halides is 1. The average molecular weight is 190 g/mol. The lowest BCUT2D eigenvalue weighted by Gasteiger charge is -1.96. The molecule has 50 valence electrons. The topological polar surface area (TPSA) is 29.1 Å². The van der Waals surface area contributed by atoms with Gasteiger partial charge in [-0.15, -0.1) is 12.3 Å². The summed E-state index contributed by atoms with van der Waals surface area (Å²) in [5.41, 5.74) is 0. The molecule has 1 N–H and O–H groups in total. The molecule has 0 aliphatic rings. The van der Waals surface area contributed by atoms with E-state index in [2.05, 4.69) is 27.2 Å². The first-order valence-electron chi connectivity index (χ1n) is 2.57. The van der Waals surface area contributed by atoms with E-state index in [1.165, 1.54) is 0 Å². The molecule has 0 spiro atoms. The molecule has 0 rings (SSSR count). The van der Waals surface area contributed by atoms with Crippen LogP contribution in [0.15, 0.2) is 0 Å². The van der Waals surface area contributed by atoms with Crippen molar-refractivity contribution in [3.8, 4) is 12.3 Å². The molecule has 0 unspecified atom stereocenters. The molecule has 0 aliphatic heterocycles. The Morgan fingerprint density at radius 3 is 2.89 bits per heavy atom. The maximum Gasteiger partial charge on any atom is 0.230 e. The third-order valence-corrected chi connectivity index (χ3v) is 1.22. The van der Waals surface area contributed by atoms with Crippen LogP contribution in [0.4, 0.5) is 0 Å². The molecule has 0 aromatic heterocycles. The highest BCUT2D eigenvalue weighted by Crippen LogP contribution is 1.78. The van der Waals surface area contributed by atoms with Crippen LogP contribution < -0.4 is 5.32 Å². The molecule has 9 heavy (non-hydrogen) atoms. The number of halogens is 1. The van der Waals surface area contributed by atoms with E-state index in [0.717, 1.165) is 0 Å². The van der Waals surface area contributed by atoms with Gasteiger partial charge in [-0.3, -0.25) is 4.79 Å². The lowest BCUT2D eigenvalue weighted by atomic mass is 10.4. The van der Waals surface area contributed by atoms with Crippen LogP contribution >= 0.6 is 15.9 Å². The van der Waals surface area contributed by atoms with E-state index < -0.39 is 0 Å². The molecule has 0 saturated heterocycles. The Morgan fingerprint density at radius 1 is 1.78 bits per heavy atom. The Morgan fingerprint density at radius 2 is 2.44 bits per heavy atom. The predicted octanol–water partition coefficient (Wildman–Crippen LogP) is 0.521. The molecular weight excluding hydrogens is 182 g/mol. The van der Waals surface area contributed by atoms with Crippen LogP contribution in [-0.2, 0) is 4.79 Å². The Kier molecular flexibility index (Phi) is 5.34.